The van der Waals surface area contributed by atoms with Gasteiger partial charge < -0.3 is 10.6 Å². The number of halogens is 2. The lowest BCUT2D eigenvalue weighted by molar-refractivity contribution is -0.116. The zero-order valence-electron chi connectivity index (χ0n) is 16.7. The van der Waals surface area contributed by atoms with Gasteiger partial charge in [-0.25, -0.2) is 4.98 Å². The molecule has 7 heteroatoms. The number of carbonyl (C=O) groups is 2. The highest BCUT2D eigenvalue weighted by molar-refractivity contribution is 6.35. The smallest absolute Gasteiger partial charge is 0.255 e. The van der Waals surface area contributed by atoms with E-state index >= 15 is 0 Å². The van der Waals surface area contributed by atoms with Crippen molar-refractivity contribution < 1.29 is 9.59 Å². The van der Waals surface area contributed by atoms with Crippen molar-refractivity contribution >= 4 is 40.7 Å². The van der Waals surface area contributed by atoms with E-state index in [-0.39, 0.29) is 11.7 Å². The maximum Gasteiger partial charge on any atom is 0.255 e. The van der Waals surface area contributed by atoms with Gasteiger partial charge in [0.15, 0.2) is 5.78 Å². The molecule has 2 aromatic rings. The highest BCUT2D eigenvalue weighted by atomic mass is 35.5. The second kappa shape index (κ2) is 8.25. The van der Waals surface area contributed by atoms with Gasteiger partial charge in [0, 0.05) is 50.6 Å². The van der Waals surface area contributed by atoms with Gasteiger partial charge in [-0.05, 0) is 56.5 Å². The summed E-state index contributed by atoms with van der Waals surface area (Å²) in [5.74, 6) is -0.398. The number of pyridine rings is 1. The topological polar surface area (TPSA) is 71.1 Å². The summed E-state index contributed by atoms with van der Waals surface area (Å²) in [5.41, 5.74) is 4.11. The molecule has 0 fully saturated rings. The number of nitrogens with zero attached hydrogens (tertiary/aromatic N) is 1. The van der Waals surface area contributed by atoms with Gasteiger partial charge >= 0.3 is 0 Å². The van der Waals surface area contributed by atoms with Gasteiger partial charge in [-0.3, -0.25) is 9.59 Å². The number of aromatic nitrogens is 1. The van der Waals surface area contributed by atoms with Crippen LogP contribution in [0.25, 0.3) is 0 Å². The molecular weight excluding hydrogens is 421 g/mol. The van der Waals surface area contributed by atoms with Crippen LogP contribution in [0.1, 0.15) is 43.4 Å². The van der Waals surface area contributed by atoms with Crippen LogP contribution in [-0.4, -0.2) is 16.7 Å². The van der Waals surface area contributed by atoms with Crippen molar-refractivity contribution in [1.29, 1.82) is 0 Å². The van der Waals surface area contributed by atoms with Gasteiger partial charge in [-0.2, -0.15) is 0 Å². The third-order valence-corrected chi connectivity index (χ3v) is 5.99. The molecule has 0 unspecified atom stereocenters. The molecule has 1 atom stereocenters. The van der Waals surface area contributed by atoms with E-state index in [2.05, 4.69) is 15.6 Å². The Hall–Kier alpha value is -2.63. The molecule has 5 nitrogen and oxygen atoms in total. The molecule has 2 aliphatic rings. The molecule has 0 bridgehead atoms. The Bertz CT molecular complexity index is 1120. The zero-order valence-corrected chi connectivity index (χ0v) is 18.2. The van der Waals surface area contributed by atoms with Gasteiger partial charge in [-0.15, -0.1) is 0 Å². The minimum absolute atomic E-state index is 0.0336. The first-order chi connectivity index (χ1) is 14.3. The first kappa shape index (κ1) is 20.6. The summed E-state index contributed by atoms with van der Waals surface area (Å²) in [6.07, 6.45) is 2.00. The number of carbonyl (C=O) groups excluding carboxylic acids is 2. The Morgan fingerprint density at radius 2 is 1.97 bits per heavy atom. The highest BCUT2D eigenvalue weighted by Gasteiger charge is 2.39. The number of benzene rings is 1. The molecule has 1 aliphatic heterocycles. The van der Waals surface area contributed by atoms with E-state index in [1.54, 1.807) is 24.3 Å². The quantitative estimate of drug-likeness (QED) is 0.677. The zero-order chi connectivity index (χ0) is 21.4. The van der Waals surface area contributed by atoms with Crippen molar-refractivity contribution in [2.75, 3.05) is 5.32 Å². The molecule has 1 amide bonds. The van der Waals surface area contributed by atoms with E-state index in [0.29, 0.717) is 44.7 Å². The average Bonchev–Trinajstić information content (AvgIpc) is 2.67. The standard InChI is InChI=1S/C23H21Cl2N3O2/c1-12-5-3-8-19(26-12)28-23(30)20-13(2)27-17-6-4-7-18(29)22(17)21(20)15-10-9-14(24)11-16(15)25/h3,5,8-11,21,27H,4,6-7H2,1-2H3,(H,26,28,30)/t21-/m0/s1. The summed E-state index contributed by atoms with van der Waals surface area (Å²) < 4.78 is 0. The maximum atomic E-state index is 13.4. The molecule has 1 aromatic carbocycles. The Morgan fingerprint density at radius 1 is 1.17 bits per heavy atom. The fraction of sp³-hybridized carbons (Fsp3) is 0.261. The van der Waals surface area contributed by atoms with Crippen LogP contribution in [0.3, 0.4) is 0 Å². The number of allylic oxidation sites excluding steroid dienone is 3. The van der Waals surface area contributed by atoms with E-state index in [9.17, 15) is 9.59 Å². The van der Waals surface area contributed by atoms with Crippen LogP contribution in [0.5, 0.6) is 0 Å². The normalized spacial score (nSPS) is 18.8. The monoisotopic (exact) mass is 441 g/mol. The van der Waals surface area contributed by atoms with E-state index in [1.165, 1.54) is 0 Å². The number of ketones is 1. The Kier molecular flexibility index (Phi) is 5.67. The van der Waals surface area contributed by atoms with Gasteiger partial charge in [-0.1, -0.05) is 35.3 Å². The van der Waals surface area contributed by atoms with Crippen molar-refractivity contribution in [2.24, 2.45) is 0 Å². The molecule has 0 spiro atoms. The van der Waals surface area contributed by atoms with Gasteiger partial charge in [0.25, 0.3) is 5.91 Å². The summed E-state index contributed by atoms with van der Waals surface area (Å²) in [6.45, 7) is 3.70. The fourth-order valence-corrected chi connectivity index (χ4v) is 4.64. The van der Waals surface area contributed by atoms with E-state index in [4.69, 9.17) is 23.2 Å². The Morgan fingerprint density at radius 3 is 2.70 bits per heavy atom. The third kappa shape index (κ3) is 3.87. The van der Waals surface area contributed by atoms with E-state index in [0.717, 1.165) is 24.2 Å². The second-order valence-corrected chi connectivity index (χ2v) is 8.39. The molecule has 154 valence electrons. The summed E-state index contributed by atoms with van der Waals surface area (Å²) in [7, 11) is 0. The molecule has 0 saturated carbocycles. The number of hydrogen-bond donors (Lipinski definition) is 2. The lowest BCUT2D eigenvalue weighted by Gasteiger charge is -2.34. The van der Waals surface area contributed by atoms with Crippen LogP contribution in [0.4, 0.5) is 5.82 Å². The molecule has 1 aromatic heterocycles. The molecule has 0 saturated heterocycles. The number of aryl methyl sites for hydroxylation is 1. The van der Waals surface area contributed by atoms with Gasteiger partial charge in [0.1, 0.15) is 5.82 Å². The SMILES string of the molecule is CC1=C(C(=O)Nc2cccc(C)n2)[C@H](c2ccc(Cl)cc2Cl)C2=C(CCCC2=O)N1. The van der Waals surface area contributed by atoms with Crippen LogP contribution in [0.15, 0.2) is 58.9 Å². The summed E-state index contributed by atoms with van der Waals surface area (Å²) in [4.78, 5) is 30.7. The molecule has 2 heterocycles. The van der Waals surface area contributed by atoms with Crippen LogP contribution in [0.2, 0.25) is 10.0 Å². The minimum atomic E-state index is -0.566. The van der Waals surface area contributed by atoms with Crippen LogP contribution in [0, 0.1) is 6.92 Å². The maximum absolute atomic E-state index is 13.4. The molecule has 1 aliphatic carbocycles. The highest BCUT2D eigenvalue weighted by Crippen LogP contribution is 2.44. The molecular formula is C23H21Cl2N3O2. The predicted octanol–water partition coefficient (Wildman–Crippen LogP) is 5.30. The van der Waals surface area contributed by atoms with Crippen molar-refractivity contribution in [3.8, 4) is 0 Å². The van der Waals surface area contributed by atoms with E-state index in [1.807, 2.05) is 26.0 Å². The number of rotatable bonds is 3. The molecule has 0 radical (unpaired) electrons. The van der Waals surface area contributed by atoms with Crippen LogP contribution >= 0.6 is 23.2 Å². The first-order valence-electron chi connectivity index (χ1n) is 9.79. The van der Waals surface area contributed by atoms with Crippen molar-refractivity contribution in [3.63, 3.8) is 0 Å². The van der Waals surface area contributed by atoms with Crippen molar-refractivity contribution in [2.45, 2.75) is 39.0 Å². The summed E-state index contributed by atoms with van der Waals surface area (Å²) >= 11 is 12.6. The van der Waals surface area contributed by atoms with E-state index < -0.39 is 5.92 Å². The van der Waals surface area contributed by atoms with Crippen molar-refractivity contribution in [1.82, 2.24) is 10.3 Å². The second-order valence-electron chi connectivity index (χ2n) is 7.55. The number of dihydropyridines is 1. The lowest BCUT2D eigenvalue weighted by Crippen LogP contribution is -2.35. The van der Waals surface area contributed by atoms with Gasteiger partial charge in [0.2, 0.25) is 0 Å². The molecule has 4 rings (SSSR count). The summed E-state index contributed by atoms with van der Waals surface area (Å²) in [6, 6.07) is 10.6. The number of anilines is 1. The Balaban J connectivity index is 1.82. The third-order valence-electron chi connectivity index (χ3n) is 5.42. The largest absolute Gasteiger partial charge is 0.362 e. The lowest BCUT2D eigenvalue weighted by atomic mass is 9.75. The number of hydrogen-bond acceptors (Lipinski definition) is 4. The van der Waals surface area contributed by atoms with Crippen molar-refractivity contribution in [3.05, 3.63) is 80.2 Å². The fourth-order valence-electron chi connectivity index (χ4n) is 4.13. The minimum Gasteiger partial charge on any atom is -0.362 e. The summed E-state index contributed by atoms with van der Waals surface area (Å²) in [5, 5.41) is 7.09. The Labute approximate surface area is 185 Å². The first-order valence-corrected chi connectivity index (χ1v) is 10.5. The molecule has 2 N–H and O–H groups in total. The molecule has 30 heavy (non-hydrogen) atoms. The van der Waals surface area contributed by atoms with Gasteiger partial charge in [0.05, 0.1) is 0 Å². The average molecular weight is 442 g/mol. The number of Topliss-reactive ketones (excluding diaryl/α,β-unsaturated/α-hetero) is 1. The van der Waals surface area contributed by atoms with Crippen LogP contribution < -0.4 is 10.6 Å². The van der Waals surface area contributed by atoms with Crippen LogP contribution in [-0.2, 0) is 9.59 Å². The number of amides is 1. The predicted molar refractivity (Wildman–Crippen MR) is 119 cm³/mol. The number of nitrogens with one attached hydrogen (secondary N) is 2.